The van der Waals surface area contributed by atoms with Crippen LogP contribution in [0.5, 0.6) is 0 Å². The van der Waals surface area contributed by atoms with Crippen LogP contribution in [0.2, 0.25) is 0 Å². The van der Waals surface area contributed by atoms with Crippen molar-refractivity contribution in [1.29, 1.82) is 0 Å². The molecule has 0 saturated carbocycles. The zero-order chi connectivity index (χ0) is 16.3. The van der Waals surface area contributed by atoms with Crippen molar-refractivity contribution < 1.29 is 0 Å². The SMILES string of the molecule is C=CCc1ccccc1C(Br)(CC=C)CCCCCCCC. The van der Waals surface area contributed by atoms with Crippen LogP contribution >= 0.6 is 15.9 Å². The van der Waals surface area contributed by atoms with Crippen LogP contribution in [-0.4, -0.2) is 0 Å². The first-order valence-electron chi connectivity index (χ1n) is 8.67. The van der Waals surface area contributed by atoms with Gasteiger partial charge in [0.15, 0.2) is 0 Å². The van der Waals surface area contributed by atoms with E-state index in [1.165, 1.54) is 56.1 Å². The van der Waals surface area contributed by atoms with Crippen LogP contribution in [0.15, 0.2) is 49.6 Å². The number of hydrogen-bond donors (Lipinski definition) is 0. The molecule has 122 valence electrons. The minimum absolute atomic E-state index is 0.0269. The average Bonchev–Trinajstić information content (AvgIpc) is 2.52. The second-order valence-corrected chi connectivity index (χ2v) is 7.64. The molecule has 0 heterocycles. The molecule has 0 saturated heterocycles. The van der Waals surface area contributed by atoms with E-state index in [0.717, 1.165) is 12.8 Å². The number of unbranched alkanes of at least 4 members (excludes halogenated alkanes) is 5. The molecule has 0 amide bonds. The zero-order valence-corrected chi connectivity index (χ0v) is 15.7. The summed E-state index contributed by atoms with van der Waals surface area (Å²) < 4.78 is 0.0269. The van der Waals surface area contributed by atoms with Crippen LogP contribution in [0.3, 0.4) is 0 Å². The molecule has 0 radical (unpaired) electrons. The van der Waals surface area contributed by atoms with E-state index in [9.17, 15) is 0 Å². The van der Waals surface area contributed by atoms with Gasteiger partial charge in [-0.05, 0) is 30.4 Å². The monoisotopic (exact) mass is 362 g/mol. The molecule has 1 unspecified atom stereocenters. The molecule has 0 spiro atoms. The fraction of sp³-hybridized carbons (Fsp3) is 0.524. The molecule has 1 heteroatoms. The number of halogens is 1. The number of rotatable bonds is 12. The maximum atomic E-state index is 4.05. The average molecular weight is 363 g/mol. The van der Waals surface area contributed by atoms with Crippen molar-refractivity contribution in [2.45, 2.75) is 69.0 Å². The Labute approximate surface area is 145 Å². The lowest BCUT2D eigenvalue weighted by atomic mass is 9.86. The Morgan fingerprint density at radius 3 is 2.36 bits per heavy atom. The van der Waals surface area contributed by atoms with Gasteiger partial charge < -0.3 is 0 Å². The standard InChI is InChI=1S/C21H31Br/c1-4-7-8-9-10-13-18-21(22,17-6-3)20-16-12-11-15-19(20)14-5-2/h5-6,11-12,15-16H,2-4,7-10,13-14,17-18H2,1H3. The third-order valence-corrected chi connectivity index (χ3v) is 5.41. The van der Waals surface area contributed by atoms with Gasteiger partial charge in [-0.25, -0.2) is 0 Å². The topological polar surface area (TPSA) is 0 Å². The minimum Gasteiger partial charge on any atom is -0.103 e. The maximum absolute atomic E-state index is 4.05. The highest BCUT2D eigenvalue weighted by molar-refractivity contribution is 9.09. The Hall–Kier alpha value is -0.820. The molecule has 1 rings (SSSR count). The fourth-order valence-electron chi connectivity index (χ4n) is 3.05. The van der Waals surface area contributed by atoms with E-state index in [-0.39, 0.29) is 4.32 Å². The third-order valence-electron chi connectivity index (χ3n) is 4.26. The van der Waals surface area contributed by atoms with Gasteiger partial charge in [-0.15, -0.1) is 13.2 Å². The smallest absolute Gasteiger partial charge is 0.0542 e. The van der Waals surface area contributed by atoms with Gasteiger partial charge in [-0.1, -0.05) is 97.8 Å². The number of allylic oxidation sites excluding steroid dienone is 2. The Morgan fingerprint density at radius 1 is 1.00 bits per heavy atom. The first kappa shape index (κ1) is 19.2. The number of benzene rings is 1. The molecular weight excluding hydrogens is 332 g/mol. The van der Waals surface area contributed by atoms with Crippen molar-refractivity contribution in [2.24, 2.45) is 0 Å². The predicted octanol–water partition coefficient (Wildman–Crippen LogP) is 7.33. The molecule has 0 aliphatic rings. The van der Waals surface area contributed by atoms with Crippen molar-refractivity contribution in [1.82, 2.24) is 0 Å². The summed E-state index contributed by atoms with van der Waals surface area (Å²) in [6, 6.07) is 8.74. The third kappa shape index (κ3) is 6.12. The summed E-state index contributed by atoms with van der Waals surface area (Å²) in [5, 5.41) is 0. The first-order valence-corrected chi connectivity index (χ1v) is 9.46. The van der Waals surface area contributed by atoms with Crippen LogP contribution in [0.25, 0.3) is 0 Å². The van der Waals surface area contributed by atoms with Crippen LogP contribution in [-0.2, 0) is 10.7 Å². The molecule has 0 nitrogen and oxygen atoms in total. The van der Waals surface area contributed by atoms with E-state index < -0.39 is 0 Å². The Balaban J connectivity index is 2.73. The lowest BCUT2D eigenvalue weighted by Crippen LogP contribution is -2.19. The van der Waals surface area contributed by atoms with E-state index in [4.69, 9.17) is 0 Å². The van der Waals surface area contributed by atoms with Gasteiger partial charge in [0, 0.05) is 0 Å². The Kier molecular flexibility index (Phi) is 9.47. The van der Waals surface area contributed by atoms with Gasteiger partial charge in [0.1, 0.15) is 0 Å². The van der Waals surface area contributed by atoms with Crippen molar-refractivity contribution in [2.75, 3.05) is 0 Å². The summed E-state index contributed by atoms with van der Waals surface area (Å²) in [7, 11) is 0. The van der Waals surface area contributed by atoms with Crippen molar-refractivity contribution in [3.05, 3.63) is 60.7 Å². The summed E-state index contributed by atoms with van der Waals surface area (Å²) in [4.78, 5) is 0. The number of hydrogen-bond acceptors (Lipinski definition) is 0. The summed E-state index contributed by atoms with van der Waals surface area (Å²) in [5.74, 6) is 0. The van der Waals surface area contributed by atoms with Crippen LogP contribution in [0.1, 0.15) is 69.4 Å². The molecule has 0 aliphatic heterocycles. The lowest BCUT2D eigenvalue weighted by molar-refractivity contribution is 0.515. The summed E-state index contributed by atoms with van der Waals surface area (Å²) in [5.41, 5.74) is 2.78. The van der Waals surface area contributed by atoms with E-state index in [0.29, 0.717) is 0 Å². The molecule has 22 heavy (non-hydrogen) atoms. The summed E-state index contributed by atoms with van der Waals surface area (Å²) in [6.45, 7) is 10.1. The Morgan fingerprint density at radius 2 is 1.68 bits per heavy atom. The van der Waals surface area contributed by atoms with Crippen molar-refractivity contribution in [3.8, 4) is 0 Å². The highest BCUT2D eigenvalue weighted by Gasteiger charge is 2.28. The van der Waals surface area contributed by atoms with E-state index in [1.54, 1.807) is 0 Å². The van der Waals surface area contributed by atoms with Crippen molar-refractivity contribution >= 4 is 15.9 Å². The fourth-order valence-corrected chi connectivity index (χ4v) is 3.95. The quantitative estimate of drug-likeness (QED) is 0.207. The molecule has 0 fully saturated rings. The molecule has 0 N–H and O–H groups in total. The lowest BCUT2D eigenvalue weighted by Gasteiger charge is -2.29. The van der Waals surface area contributed by atoms with E-state index in [2.05, 4.69) is 60.3 Å². The predicted molar refractivity (Wildman–Crippen MR) is 104 cm³/mol. The number of alkyl halides is 1. The summed E-state index contributed by atoms with van der Waals surface area (Å²) in [6.07, 6.45) is 15.1. The molecule has 0 aromatic heterocycles. The van der Waals surface area contributed by atoms with Gasteiger partial charge in [0.2, 0.25) is 0 Å². The van der Waals surface area contributed by atoms with Gasteiger partial charge in [0.25, 0.3) is 0 Å². The molecule has 0 aliphatic carbocycles. The maximum Gasteiger partial charge on any atom is 0.0542 e. The normalized spacial score (nSPS) is 13.5. The zero-order valence-electron chi connectivity index (χ0n) is 14.1. The molecule has 1 aromatic carbocycles. The minimum atomic E-state index is 0.0269. The highest BCUT2D eigenvalue weighted by atomic mass is 79.9. The largest absolute Gasteiger partial charge is 0.103 e. The summed E-state index contributed by atoms with van der Waals surface area (Å²) >= 11 is 4.05. The Bertz CT molecular complexity index is 449. The van der Waals surface area contributed by atoms with Gasteiger partial charge >= 0.3 is 0 Å². The molecule has 0 bridgehead atoms. The van der Waals surface area contributed by atoms with Crippen molar-refractivity contribution in [3.63, 3.8) is 0 Å². The highest BCUT2D eigenvalue weighted by Crippen LogP contribution is 2.42. The van der Waals surface area contributed by atoms with E-state index in [1.807, 2.05) is 12.2 Å². The first-order chi connectivity index (χ1) is 10.7. The van der Waals surface area contributed by atoms with Crippen LogP contribution < -0.4 is 0 Å². The molecular formula is C21H31Br. The van der Waals surface area contributed by atoms with Gasteiger partial charge in [0.05, 0.1) is 4.32 Å². The second-order valence-electron chi connectivity index (χ2n) is 6.13. The van der Waals surface area contributed by atoms with Gasteiger partial charge in [-0.3, -0.25) is 0 Å². The van der Waals surface area contributed by atoms with Gasteiger partial charge in [-0.2, -0.15) is 0 Å². The second kappa shape index (κ2) is 10.8. The van der Waals surface area contributed by atoms with Crippen LogP contribution in [0, 0.1) is 0 Å². The van der Waals surface area contributed by atoms with E-state index >= 15 is 0 Å². The molecule has 1 aromatic rings. The van der Waals surface area contributed by atoms with Crippen LogP contribution in [0.4, 0.5) is 0 Å². The molecule has 1 atom stereocenters.